The van der Waals surface area contributed by atoms with Crippen LogP contribution in [0, 0.1) is 0 Å². The zero-order chi connectivity index (χ0) is 12.8. The molecule has 0 unspecified atom stereocenters. The maximum absolute atomic E-state index is 12.1. The van der Waals surface area contributed by atoms with Crippen LogP contribution in [0.3, 0.4) is 0 Å². The lowest BCUT2D eigenvalue weighted by Crippen LogP contribution is -2.51. The highest BCUT2D eigenvalue weighted by Crippen LogP contribution is 2.04. The number of hydrogen-bond acceptors (Lipinski definition) is 4. The molecule has 0 bridgehead atoms. The smallest absolute Gasteiger partial charge is 0.236 e. The molecule has 5 heteroatoms. The van der Waals surface area contributed by atoms with Crippen LogP contribution in [-0.4, -0.2) is 86.2 Å². The van der Waals surface area contributed by atoms with Gasteiger partial charge < -0.3 is 14.5 Å². The van der Waals surface area contributed by atoms with Gasteiger partial charge in [-0.1, -0.05) is 6.92 Å². The molecule has 2 heterocycles. The van der Waals surface area contributed by atoms with Crippen LogP contribution in [0.1, 0.15) is 13.3 Å². The third-order valence-electron chi connectivity index (χ3n) is 3.73. The summed E-state index contributed by atoms with van der Waals surface area (Å²) in [6.07, 6.45) is 1.21. The highest BCUT2D eigenvalue weighted by Gasteiger charge is 2.22. The summed E-state index contributed by atoms with van der Waals surface area (Å²) < 4.78 is 5.27. The molecule has 5 nitrogen and oxygen atoms in total. The SMILES string of the molecule is CCCN1CCN(CC(=O)N2CCOCC2)CC1. The molecule has 0 aromatic heterocycles. The molecule has 0 atom stereocenters. The van der Waals surface area contributed by atoms with Crippen LogP contribution in [0.4, 0.5) is 0 Å². The minimum Gasteiger partial charge on any atom is -0.378 e. The summed E-state index contributed by atoms with van der Waals surface area (Å²) in [7, 11) is 0. The van der Waals surface area contributed by atoms with E-state index in [-0.39, 0.29) is 5.91 Å². The molecule has 2 aliphatic rings. The van der Waals surface area contributed by atoms with Gasteiger partial charge in [-0.05, 0) is 13.0 Å². The van der Waals surface area contributed by atoms with Gasteiger partial charge in [0.1, 0.15) is 0 Å². The van der Waals surface area contributed by atoms with Gasteiger partial charge in [0.15, 0.2) is 0 Å². The van der Waals surface area contributed by atoms with Gasteiger partial charge in [-0.15, -0.1) is 0 Å². The van der Waals surface area contributed by atoms with Gasteiger partial charge in [0.2, 0.25) is 5.91 Å². The molecule has 2 saturated heterocycles. The predicted molar refractivity (Wildman–Crippen MR) is 70.6 cm³/mol. The van der Waals surface area contributed by atoms with Gasteiger partial charge in [-0.25, -0.2) is 0 Å². The maximum Gasteiger partial charge on any atom is 0.236 e. The normalized spacial score (nSPS) is 23.3. The first kappa shape index (κ1) is 13.8. The molecular weight excluding hydrogens is 230 g/mol. The van der Waals surface area contributed by atoms with Crippen molar-refractivity contribution in [2.24, 2.45) is 0 Å². The molecule has 0 spiro atoms. The fourth-order valence-electron chi connectivity index (χ4n) is 2.59. The van der Waals surface area contributed by atoms with Crippen molar-refractivity contribution in [3.05, 3.63) is 0 Å². The van der Waals surface area contributed by atoms with Crippen molar-refractivity contribution in [2.75, 3.05) is 65.6 Å². The molecule has 0 aliphatic carbocycles. The summed E-state index contributed by atoms with van der Waals surface area (Å²) in [6, 6.07) is 0. The molecular formula is C13H25N3O2. The fraction of sp³-hybridized carbons (Fsp3) is 0.923. The molecule has 1 amide bonds. The van der Waals surface area contributed by atoms with E-state index in [2.05, 4.69) is 16.7 Å². The van der Waals surface area contributed by atoms with Crippen LogP contribution in [-0.2, 0) is 9.53 Å². The first-order valence-electron chi connectivity index (χ1n) is 7.10. The third kappa shape index (κ3) is 3.93. The third-order valence-corrected chi connectivity index (χ3v) is 3.73. The molecule has 0 radical (unpaired) electrons. The molecule has 0 aromatic rings. The first-order chi connectivity index (χ1) is 8.79. The molecule has 18 heavy (non-hydrogen) atoms. The second kappa shape index (κ2) is 7.07. The number of hydrogen-bond donors (Lipinski definition) is 0. The number of ether oxygens (including phenoxy) is 1. The Morgan fingerprint density at radius 1 is 1.00 bits per heavy atom. The number of piperazine rings is 1. The summed E-state index contributed by atoms with van der Waals surface area (Å²) in [5.41, 5.74) is 0. The van der Waals surface area contributed by atoms with Crippen LogP contribution < -0.4 is 0 Å². The lowest BCUT2D eigenvalue weighted by atomic mass is 10.3. The van der Waals surface area contributed by atoms with E-state index >= 15 is 0 Å². The number of rotatable bonds is 4. The largest absolute Gasteiger partial charge is 0.378 e. The van der Waals surface area contributed by atoms with Gasteiger partial charge in [-0.2, -0.15) is 0 Å². The van der Waals surface area contributed by atoms with Crippen LogP contribution in [0.25, 0.3) is 0 Å². The van der Waals surface area contributed by atoms with Gasteiger partial charge in [-0.3, -0.25) is 9.69 Å². The highest BCUT2D eigenvalue weighted by molar-refractivity contribution is 5.78. The molecule has 0 aromatic carbocycles. The summed E-state index contributed by atoms with van der Waals surface area (Å²) in [4.78, 5) is 18.8. The van der Waals surface area contributed by atoms with Crippen LogP contribution >= 0.6 is 0 Å². The van der Waals surface area contributed by atoms with Crippen molar-refractivity contribution >= 4 is 5.91 Å². The van der Waals surface area contributed by atoms with E-state index in [1.165, 1.54) is 13.0 Å². The van der Waals surface area contributed by atoms with E-state index in [1.807, 2.05) is 4.90 Å². The van der Waals surface area contributed by atoms with Crippen molar-refractivity contribution < 1.29 is 9.53 Å². The Bertz CT molecular complexity index is 259. The Morgan fingerprint density at radius 3 is 2.22 bits per heavy atom. The molecule has 104 valence electrons. The van der Waals surface area contributed by atoms with Gasteiger partial charge in [0.25, 0.3) is 0 Å². The monoisotopic (exact) mass is 255 g/mol. The maximum atomic E-state index is 12.1. The Hall–Kier alpha value is -0.650. The lowest BCUT2D eigenvalue weighted by Gasteiger charge is -2.35. The summed E-state index contributed by atoms with van der Waals surface area (Å²) in [5.74, 6) is 0.266. The van der Waals surface area contributed by atoms with Crippen molar-refractivity contribution in [2.45, 2.75) is 13.3 Å². The quantitative estimate of drug-likeness (QED) is 0.701. The van der Waals surface area contributed by atoms with E-state index in [0.29, 0.717) is 19.8 Å². The predicted octanol–water partition coefficient (Wildman–Crippen LogP) is -0.127. The topological polar surface area (TPSA) is 36.0 Å². The standard InChI is InChI=1S/C13H25N3O2/c1-2-3-14-4-6-15(7-5-14)12-13(17)16-8-10-18-11-9-16/h2-12H2,1H3. The molecule has 2 fully saturated rings. The second-order valence-electron chi connectivity index (χ2n) is 5.11. The Kier molecular flexibility index (Phi) is 5.41. The fourth-order valence-corrected chi connectivity index (χ4v) is 2.59. The minimum absolute atomic E-state index is 0.266. The minimum atomic E-state index is 0.266. The Morgan fingerprint density at radius 2 is 1.61 bits per heavy atom. The number of carbonyl (C=O) groups excluding carboxylic acids is 1. The Labute approximate surface area is 110 Å². The summed E-state index contributed by atoms with van der Waals surface area (Å²) in [6.45, 7) is 11.1. The number of amides is 1. The number of nitrogens with zero attached hydrogens (tertiary/aromatic N) is 3. The van der Waals surface area contributed by atoms with E-state index in [9.17, 15) is 4.79 Å². The molecule has 2 aliphatic heterocycles. The zero-order valence-corrected chi connectivity index (χ0v) is 11.4. The lowest BCUT2D eigenvalue weighted by molar-refractivity contribution is -0.136. The van der Waals surface area contributed by atoms with Crippen molar-refractivity contribution in [1.29, 1.82) is 0 Å². The van der Waals surface area contributed by atoms with Gasteiger partial charge >= 0.3 is 0 Å². The van der Waals surface area contributed by atoms with Crippen LogP contribution in [0.5, 0.6) is 0 Å². The summed E-state index contributed by atoms with van der Waals surface area (Å²) in [5, 5.41) is 0. The average molecular weight is 255 g/mol. The van der Waals surface area contributed by atoms with Gasteiger partial charge in [0, 0.05) is 39.3 Å². The van der Waals surface area contributed by atoms with Crippen LogP contribution in [0.2, 0.25) is 0 Å². The van der Waals surface area contributed by atoms with E-state index in [0.717, 1.165) is 39.3 Å². The average Bonchev–Trinajstić information content (AvgIpc) is 2.42. The highest BCUT2D eigenvalue weighted by atomic mass is 16.5. The number of morpholine rings is 1. The molecule has 0 N–H and O–H groups in total. The van der Waals surface area contributed by atoms with Crippen molar-refractivity contribution in [3.63, 3.8) is 0 Å². The molecule has 2 rings (SSSR count). The zero-order valence-electron chi connectivity index (χ0n) is 11.4. The second-order valence-corrected chi connectivity index (χ2v) is 5.11. The van der Waals surface area contributed by atoms with E-state index in [4.69, 9.17) is 4.74 Å². The van der Waals surface area contributed by atoms with Crippen molar-refractivity contribution in [1.82, 2.24) is 14.7 Å². The summed E-state index contributed by atoms with van der Waals surface area (Å²) >= 11 is 0. The van der Waals surface area contributed by atoms with Gasteiger partial charge in [0.05, 0.1) is 19.8 Å². The van der Waals surface area contributed by atoms with Crippen LogP contribution in [0.15, 0.2) is 0 Å². The van der Waals surface area contributed by atoms with E-state index < -0.39 is 0 Å². The number of carbonyl (C=O) groups is 1. The Balaban J connectivity index is 1.68. The first-order valence-corrected chi connectivity index (χ1v) is 7.10. The van der Waals surface area contributed by atoms with Crippen molar-refractivity contribution in [3.8, 4) is 0 Å². The molecule has 0 saturated carbocycles. The van der Waals surface area contributed by atoms with E-state index in [1.54, 1.807) is 0 Å².